The highest BCUT2D eigenvalue weighted by atomic mass is 14.0. The monoisotopic (exact) mass is 224 g/mol. The second-order valence-electron chi connectivity index (χ2n) is 4.80. The van der Waals surface area contributed by atoms with E-state index in [0.29, 0.717) is 0 Å². The molecule has 88 valence electrons. The molecule has 0 saturated heterocycles. The molecule has 0 heteroatoms. The maximum absolute atomic E-state index is 2.36. The van der Waals surface area contributed by atoms with E-state index in [4.69, 9.17) is 0 Å². The van der Waals surface area contributed by atoms with Gasteiger partial charge >= 0.3 is 0 Å². The van der Waals surface area contributed by atoms with Crippen molar-refractivity contribution in [1.29, 1.82) is 0 Å². The Bertz CT molecular complexity index is 455. The molecule has 1 aromatic carbocycles. The van der Waals surface area contributed by atoms with E-state index < -0.39 is 0 Å². The molecule has 0 amide bonds. The van der Waals surface area contributed by atoms with Gasteiger partial charge in [-0.25, -0.2) is 0 Å². The summed E-state index contributed by atoms with van der Waals surface area (Å²) in [4.78, 5) is 0. The molecular formula is C17H20. The Kier molecular flexibility index (Phi) is 3.98. The lowest BCUT2D eigenvalue weighted by atomic mass is 10.00. The van der Waals surface area contributed by atoms with E-state index in [2.05, 4.69) is 62.4 Å². The molecule has 0 heterocycles. The van der Waals surface area contributed by atoms with Crippen molar-refractivity contribution in [2.75, 3.05) is 0 Å². The number of hydrogen-bond acceptors (Lipinski definition) is 0. The van der Waals surface area contributed by atoms with Crippen LogP contribution in [0.1, 0.15) is 30.9 Å². The van der Waals surface area contributed by atoms with Crippen LogP contribution in [0, 0.1) is 6.92 Å². The second kappa shape index (κ2) is 5.67. The summed E-state index contributed by atoms with van der Waals surface area (Å²) in [5, 5.41) is 0. The molecule has 0 aromatic heterocycles. The summed E-state index contributed by atoms with van der Waals surface area (Å²) in [6.07, 6.45) is 12.5. The summed E-state index contributed by atoms with van der Waals surface area (Å²) in [5.41, 5.74) is 5.53. The minimum absolute atomic E-state index is 1.05. The first kappa shape index (κ1) is 11.9. The smallest absolute Gasteiger partial charge is 0.00289 e. The summed E-state index contributed by atoms with van der Waals surface area (Å²) in [6, 6.07) is 8.83. The average molecular weight is 224 g/mol. The third-order valence-electron chi connectivity index (χ3n) is 3.13. The molecule has 0 nitrogen and oxygen atoms in total. The van der Waals surface area contributed by atoms with Crippen molar-refractivity contribution in [3.8, 4) is 0 Å². The van der Waals surface area contributed by atoms with Gasteiger partial charge in [0, 0.05) is 0 Å². The van der Waals surface area contributed by atoms with E-state index in [0.717, 1.165) is 19.3 Å². The maximum Gasteiger partial charge on any atom is -0.00289 e. The molecule has 0 unspecified atom stereocenters. The van der Waals surface area contributed by atoms with Crippen LogP contribution in [0.25, 0.3) is 0 Å². The molecule has 0 N–H and O–H groups in total. The number of hydrogen-bond donors (Lipinski definition) is 0. The third kappa shape index (κ3) is 3.74. The van der Waals surface area contributed by atoms with Crippen molar-refractivity contribution in [2.24, 2.45) is 0 Å². The standard InChI is InChI=1S/C17H20/c1-14-5-3-4-6-16(10-7-14)13-17-11-8-15(2)9-12-17/h5-12H,3-4,13H2,1-2H3/b10-7?,14-5?,16-6-. The summed E-state index contributed by atoms with van der Waals surface area (Å²) in [7, 11) is 0. The lowest BCUT2D eigenvalue weighted by Crippen LogP contribution is -1.90. The Morgan fingerprint density at radius 1 is 0.882 bits per heavy atom. The minimum Gasteiger partial charge on any atom is -0.0813 e. The van der Waals surface area contributed by atoms with Gasteiger partial charge in [0.05, 0.1) is 0 Å². The first-order valence-corrected chi connectivity index (χ1v) is 6.33. The SMILES string of the molecule is CC1=CCC/C=C(\Cc2ccc(C)cc2)C=C1. The number of rotatable bonds is 2. The van der Waals surface area contributed by atoms with Gasteiger partial charge in [0.25, 0.3) is 0 Å². The predicted molar refractivity (Wildman–Crippen MR) is 75.1 cm³/mol. The van der Waals surface area contributed by atoms with E-state index in [-0.39, 0.29) is 0 Å². The summed E-state index contributed by atoms with van der Waals surface area (Å²) in [5.74, 6) is 0. The molecule has 2 rings (SSSR count). The van der Waals surface area contributed by atoms with Crippen LogP contribution >= 0.6 is 0 Å². The van der Waals surface area contributed by atoms with Crippen molar-refractivity contribution < 1.29 is 0 Å². The fraction of sp³-hybridized carbons (Fsp3) is 0.294. The van der Waals surface area contributed by atoms with Crippen molar-refractivity contribution in [3.05, 3.63) is 70.8 Å². The summed E-state index contributed by atoms with van der Waals surface area (Å²) < 4.78 is 0. The summed E-state index contributed by atoms with van der Waals surface area (Å²) >= 11 is 0. The van der Waals surface area contributed by atoms with Crippen molar-refractivity contribution in [2.45, 2.75) is 33.1 Å². The lowest BCUT2D eigenvalue weighted by Gasteiger charge is -2.06. The number of allylic oxidation sites excluding steroid dienone is 6. The summed E-state index contributed by atoms with van der Waals surface area (Å²) in [6.45, 7) is 4.30. The zero-order chi connectivity index (χ0) is 12.1. The Morgan fingerprint density at radius 2 is 1.59 bits per heavy atom. The number of aryl methyl sites for hydroxylation is 1. The Hall–Kier alpha value is -1.56. The first-order valence-electron chi connectivity index (χ1n) is 6.33. The van der Waals surface area contributed by atoms with Crippen LogP contribution in [-0.4, -0.2) is 0 Å². The highest BCUT2D eigenvalue weighted by Crippen LogP contribution is 2.15. The van der Waals surface area contributed by atoms with Gasteiger partial charge in [0.15, 0.2) is 0 Å². The van der Waals surface area contributed by atoms with Gasteiger partial charge in [0.2, 0.25) is 0 Å². The van der Waals surface area contributed by atoms with Gasteiger partial charge in [-0.2, -0.15) is 0 Å². The molecule has 0 aliphatic heterocycles. The molecule has 1 aliphatic carbocycles. The van der Waals surface area contributed by atoms with Gasteiger partial charge < -0.3 is 0 Å². The molecule has 0 saturated carbocycles. The molecule has 0 spiro atoms. The van der Waals surface area contributed by atoms with E-state index in [9.17, 15) is 0 Å². The van der Waals surface area contributed by atoms with Crippen LogP contribution in [-0.2, 0) is 6.42 Å². The first-order chi connectivity index (χ1) is 8.24. The molecule has 17 heavy (non-hydrogen) atoms. The predicted octanol–water partition coefficient (Wildman–Crippen LogP) is 4.76. The maximum atomic E-state index is 2.36. The highest BCUT2D eigenvalue weighted by molar-refractivity contribution is 5.34. The molecule has 0 radical (unpaired) electrons. The largest absolute Gasteiger partial charge is 0.0813 e. The van der Waals surface area contributed by atoms with Gasteiger partial charge in [-0.15, -0.1) is 0 Å². The van der Waals surface area contributed by atoms with Crippen LogP contribution in [0.5, 0.6) is 0 Å². The molecule has 1 aromatic rings. The Morgan fingerprint density at radius 3 is 2.35 bits per heavy atom. The third-order valence-corrected chi connectivity index (χ3v) is 3.13. The minimum atomic E-state index is 1.05. The second-order valence-corrected chi connectivity index (χ2v) is 4.80. The topological polar surface area (TPSA) is 0 Å². The van der Waals surface area contributed by atoms with Gasteiger partial charge in [-0.1, -0.05) is 59.7 Å². The van der Waals surface area contributed by atoms with Crippen LogP contribution in [0.2, 0.25) is 0 Å². The van der Waals surface area contributed by atoms with Crippen molar-refractivity contribution in [3.63, 3.8) is 0 Å². The van der Waals surface area contributed by atoms with E-state index in [1.54, 1.807) is 0 Å². The molecule has 0 bridgehead atoms. The van der Waals surface area contributed by atoms with E-state index in [1.165, 1.54) is 22.3 Å². The van der Waals surface area contributed by atoms with E-state index in [1.807, 2.05) is 0 Å². The fourth-order valence-electron chi connectivity index (χ4n) is 2.03. The lowest BCUT2D eigenvalue weighted by molar-refractivity contribution is 1.01. The molecule has 0 atom stereocenters. The van der Waals surface area contributed by atoms with Crippen LogP contribution in [0.3, 0.4) is 0 Å². The van der Waals surface area contributed by atoms with Crippen molar-refractivity contribution >= 4 is 0 Å². The highest BCUT2D eigenvalue weighted by Gasteiger charge is 1.98. The Labute approximate surface area is 104 Å². The number of benzene rings is 1. The van der Waals surface area contributed by atoms with E-state index >= 15 is 0 Å². The van der Waals surface area contributed by atoms with Crippen LogP contribution < -0.4 is 0 Å². The Balaban J connectivity index is 2.10. The zero-order valence-corrected chi connectivity index (χ0v) is 10.7. The normalized spacial score (nSPS) is 18.9. The fourth-order valence-corrected chi connectivity index (χ4v) is 2.03. The quantitative estimate of drug-likeness (QED) is 0.679. The van der Waals surface area contributed by atoms with Crippen LogP contribution in [0.4, 0.5) is 0 Å². The van der Waals surface area contributed by atoms with Crippen molar-refractivity contribution in [1.82, 2.24) is 0 Å². The van der Waals surface area contributed by atoms with Gasteiger partial charge in [-0.05, 0) is 44.2 Å². The van der Waals surface area contributed by atoms with Gasteiger partial charge in [-0.3, -0.25) is 0 Å². The molecule has 0 fully saturated rings. The molecular weight excluding hydrogens is 204 g/mol. The van der Waals surface area contributed by atoms with Crippen LogP contribution in [0.15, 0.2) is 59.7 Å². The van der Waals surface area contributed by atoms with Gasteiger partial charge in [0.1, 0.15) is 0 Å². The average Bonchev–Trinajstić information content (AvgIpc) is 2.31. The molecule has 1 aliphatic rings. The zero-order valence-electron chi connectivity index (χ0n) is 10.7.